The Morgan fingerprint density at radius 2 is 2.27 bits per heavy atom. The highest BCUT2D eigenvalue weighted by atomic mass is 79.9. The van der Waals surface area contributed by atoms with Crippen molar-refractivity contribution in [1.82, 2.24) is 15.5 Å². The van der Waals surface area contributed by atoms with E-state index in [1.54, 1.807) is 14.0 Å². The number of halogens is 1. The number of rotatable bonds is 6. The fraction of sp³-hybridized carbons (Fsp3) is 0.400. The Labute approximate surface area is 137 Å². The van der Waals surface area contributed by atoms with Gasteiger partial charge in [-0.25, -0.2) is 0 Å². The van der Waals surface area contributed by atoms with Crippen molar-refractivity contribution in [2.24, 2.45) is 0 Å². The second kappa shape index (κ2) is 7.40. The maximum atomic E-state index is 12.0. The maximum absolute atomic E-state index is 12.0. The highest BCUT2D eigenvalue weighted by Gasteiger charge is 2.13. The van der Waals surface area contributed by atoms with Gasteiger partial charge in [0.2, 0.25) is 11.8 Å². The van der Waals surface area contributed by atoms with E-state index in [0.29, 0.717) is 24.6 Å². The summed E-state index contributed by atoms with van der Waals surface area (Å²) < 4.78 is 11.0. The zero-order valence-corrected chi connectivity index (χ0v) is 14.3. The van der Waals surface area contributed by atoms with Crippen LogP contribution in [0.15, 0.2) is 27.2 Å². The monoisotopic (exact) mass is 367 g/mol. The molecule has 118 valence electrons. The third-order valence-electron chi connectivity index (χ3n) is 3.19. The number of aromatic nitrogens is 2. The van der Waals surface area contributed by atoms with Gasteiger partial charge in [-0.2, -0.15) is 4.98 Å². The largest absolute Gasteiger partial charge is 0.496 e. The van der Waals surface area contributed by atoms with Crippen molar-refractivity contribution in [3.63, 3.8) is 0 Å². The summed E-state index contributed by atoms with van der Waals surface area (Å²) in [6.07, 6.45) is 0.745. The van der Waals surface area contributed by atoms with E-state index in [1.807, 2.05) is 25.1 Å². The second-order valence-electron chi connectivity index (χ2n) is 4.92. The van der Waals surface area contributed by atoms with Crippen molar-refractivity contribution in [1.29, 1.82) is 0 Å². The van der Waals surface area contributed by atoms with Gasteiger partial charge in [0, 0.05) is 12.8 Å². The topological polar surface area (TPSA) is 77.2 Å². The van der Waals surface area contributed by atoms with Gasteiger partial charge in [-0.1, -0.05) is 11.2 Å². The zero-order valence-electron chi connectivity index (χ0n) is 12.7. The molecule has 1 unspecified atom stereocenters. The quantitative estimate of drug-likeness (QED) is 0.848. The molecule has 22 heavy (non-hydrogen) atoms. The van der Waals surface area contributed by atoms with E-state index in [2.05, 4.69) is 31.4 Å². The molecule has 1 amide bonds. The Kier molecular flexibility index (Phi) is 5.54. The van der Waals surface area contributed by atoms with Crippen LogP contribution in [-0.2, 0) is 11.2 Å². The van der Waals surface area contributed by atoms with Crippen LogP contribution in [0.2, 0.25) is 0 Å². The maximum Gasteiger partial charge on any atom is 0.227 e. The Morgan fingerprint density at radius 1 is 1.50 bits per heavy atom. The number of methoxy groups -OCH3 is 1. The molecule has 7 heteroatoms. The summed E-state index contributed by atoms with van der Waals surface area (Å²) in [6, 6.07) is 5.63. The van der Waals surface area contributed by atoms with Crippen molar-refractivity contribution < 1.29 is 14.1 Å². The SMILES string of the molecule is COc1ccc(C(C)NC(=O)CCc2nc(C)no2)cc1Br. The highest BCUT2D eigenvalue weighted by molar-refractivity contribution is 9.10. The summed E-state index contributed by atoms with van der Waals surface area (Å²) in [5.41, 5.74) is 0.995. The van der Waals surface area contributed by atoms with Crippen LogP contribution < -0.4 is 10.1 Å². The molecule has 2 aromatic rings. The predicted molar refractivity (Wildman–Crippen MR) is 84.6 cm³/mol. The van der Waals surface area contributed by atoms with Crippen LogP contribution in [0.5, 0.6) is 5.75 Å². The minimum absolute atomic E-state index is 0.0599. The van der Waals surface area contributed by atoms with Crippen molar-refractivity contribution in [3.8, 4) is 5.75 Å². The van der Waals surface area contributed by atoms with Crippen LogP contribution in [0.1, 0.15) is 36.7 Å². The standard InChI is InChI=1S/C15H18BrN3O3/c1-9(11-4-5-13(21-3)12(16)8-11)17-14(20)6-7-15-18-10(2)19-22-15/h4-5,8-9H,6-7H2,1-3H3,(H,17,20). The molecular weight excluding hydrogens is 350 g/mol. The van der Waals surface area contributed by atoms with Crippen LogP contribution in [0.4, 0.5) is 0 Å². The van der Waals surface area contributed by atoms with Crippen LogP contribution in [0.25, 0.3) is 0 Å². The number of hydrogen-bond donors (Lipinski definition) is 1. The van der Waals surface area contributed by atoms with Crippen LogP contribution in [0, 0.1) is 6.92 Å². The number of ether oxygens (including phenoxy) is 1. The van der Waals surface area contributed by atoms with Gasteiger partial charge in [0.15, 0.2) is 5.82 Å². The number of nitrogens with zero attached hydrogens (tertiary/aromatic N) is 2. The first kappa shape index (κ1) is 16.5. The molecule has 0 aliphatic heterocycles. The highest BCUT2D eigenvalue weighted by Crippen LogP contribution is 2.27. The summed E-state index contributed by atoms with van der Waals surface area (Å²) in [5, 5.41) is 6.64. The lowest BCUT2D eigenvalue weighted by atomic mass is 10.1. The van der Waals surface area contributed by atoms with E-state index in [1.165, 1.54) is 0 Å². The minimum Gasteiger partial charge on any atom is -0.496 e. The van der Waals surface area contributed by atoms with E-state index in [0.717, 1.165) is 15.8 Å². The Morgan fingerprint density at radius 3 is 2.86 bits per heavy atom. The molecule has 0 saturated carbocycles. The fourth-order valence-electron chi connectivity index (χ4n) is 2.01. The lowest BCUT2D eigenvalue weighted by Gasteiger charge is -2.15. The first-order chi connectivity index (χ1) is 10.5. The summed E-state index contributed by atoms with van der Waals surface area (Å²) in [6.45, 7) is 3.68. The molecule has 0 bridgehead atoms. The molecule has 0 aliphatic carbocycles. The second-order valence-corrected chi connectivity index (χ2v) is 5.77. The molecule has 6 nitrogen and oxygen atoms in total. The Balaban J connectivity index is 1.89. The average Bonchev–Trinajstić information content (AvgIpc) is 2.90. The number of carbonyl (C=O) groups excluding carboxylic acids is 1. The molecule has 1 heterocycles. The van der Waals surface area contributed by atoms with Gasteiger partial charge in [0.05, 0.1) is 17.6 Å². The molecule has 0 aliphatic rings. The number of aryl methyl sites for hydroxylation is 2. The van der Waals surface area contributed by atoms with Gasteiger partial charge >= 0.3 is 0 Å². The lowest BCUT2D eigenvalue weighted by Crippen LogP contribution is -2.26. The fourth-order valence-corrected chi connectivity index (χ4v) is 2.57. The average molecular weight is 368 g/mol. The molecular formula is C15H18BrN3O3. The molecule has 1 N–H and O–H groups in total. The van der Waals surface area contributed by atoms with Crippen LogP contribution in [0.3, 0.4) is 0 Å². The van der Waals surface area contributed by atoms with Gasteiger partial charge in [0.1, 0.15) is 5.75 Å². The Hall–Kier alpha value is -1.89. The third-order valence-corrected chi connectivity index (χ3v) is 3.81. The molecule has 2 rings (SSSR count). The molecule has 0 fully saturated rings. The summed E-state index contributed by atoms with van der Waals surface area (Å²) in [7, 11) is 1.62. The van der Waals surface area contributed by atoms with Crippen molar-refractivity contribution in [2.75, 3.05) is 7.11 Å². The van der Waals surface area contributed by atoms with E-state index < -0.39 is 0 Å². The number of nitrogens with one attached hydrogen (secondary N) is 1. The van der Waals surface area contributed by atoms with E-state index in [4.69, 9.17) is 9.26 Å². The van der Waals surface area contributed by atoms with E-state index in [9.17, 15) is 4.79 Å². The van der Waals surface area contributed by atoms with Crippen molar-refractivity contribution in [2.45, 2.75) is 32.7 Å². The Bertz CT molecular complexity index is 657. The summed E-state index contributed by atoms with van der Waals surface area (Å²) >= 11 is 3.44. The van der Waals surface area contributed by atoms with Gasteiger partial charge in [-0.3, -0.25) is 4.79 Å². The van der Waals surface area contributed by atoms with Crippen LogP contribution in [-0.4, -0.2) is 23.2 Å². The van der Waals surface area contributed by atoms with Crippen molar-refractivity contribution >= 4 is 21.8 Å². The first-order valence-corrected chi connectivity index (χ1v) is 7.71. The van der Waals surface area contributed by atoms with E-state index in [-0.39, 0.29) is 11.9 Å². The van der Waals surface area contributed by atoms with Gasteiger partial charge in [-0.15, -0.1) is 0 Å². The van der Waals surface area contributed by atoms with Gasteiger partial charge in [0.25, 0.3) is 0 Å². The summed E-state index contributed by atoms with van der Waals surface area (Å²) in [4.78, 5) is 16.1. The molecule has 1 atom stereocenters. The van der Waals surface area contributed by atoms with Crippen molar-refractivity contribution in [3.05, 3.63) is 40.0 Å². The normalized spacial score (nSPS) is 12.0. The number of benzene rings is 1. The molecule has 0 radical (unpaired) electrons. The lowest BCUT2D eigenvalue weighted by molar-refractivity contribution is -0.121. The first-order valence-electron chi connectivity index (χ1n) is 6.91. The minimum atomic E-state index is -0.0980. The van der Waals surface area contributed by atoms with Gasteiger partial charge in [-0.05, 0) is 47.5 Å². The molecule has 0 saturated heterocycles. The molecule has 0 spiro atoms. The number of amides is 1. The summed E-state index contributed by atoms with van der Waals surface area (Å²) in [5.74, 6) is 1.75. The molecule has 1 aromatic heterocycles. The zero-order chi connectivity index (χ0) is 16.1. The van der Waals surface area contributed by atoms with Crippen LogP contribution >= 0.6 is 15.9 Å². The molecule has 1 aromatic carbocycles. The smallest absolute Gasteiger partial charge is 0.227 e. The third kappa shape index (κ3) is 4.30. The number of carbonyl (C=O) groups is 1. The number of hydrogen-bond acceptors (Lipinski definition) is 5. The van der Waals surface area contributed by atoms with Gasteiger partial charge < -0.3 is 14.6 Å². The van der Waals surface area contributed by atoms with E-state index >= 15 is 0 Å². The predicted octanol–water partition coefficient (Wildman–Crippen LogP) is 2.96.